The summed E-state index contributed by atoms with van der Waals surface area (Å²) >= 11 is 3.33. The Hall–Kier alpha value is -0.630. The molecule has 1 N–H and O–H groups in total. The molecule has 1 heterocycles. The summed E-state index contributed by atoms with van der Waals surface area (Å²) in [6.07, 6.45) is 1.89. The van der Waals surface area contributed by atoms with E-state index in [0.29, 0.717) is 28.2 Å². The Bertz CT molecular complexity index is 577. The Kier molecular flexibility index (Phi) is 5.06. The standard InChI is InChI=1S/C13H19BrN2O3S/c1-15-10-4-3-7-16(9-10)20(17,18)11-5-6-13(19-2)12(14)8-11/h5-6,8,10,15H,3-4,7,9H2,1-2H3. The van der Waals surface area contributed by atoms with E-state index in [1.807, 2.05) is 7.05 Å². The molecule has 7 heteroatoms. The molecule has 1 saturated heterocycles. The maximum Gasteiger partial charge on any atom is 0.243 e. The number of methoxy groups -OCH3 is 1. The van der Waals surface area contributed by atoms with Crippen molar-refractivity contribution in [3.8, 4) is 5.75 Å². The van der Waals surface area contributed by atoms with Gasteiger partial charge >= 0.3 is 0 Å². The number of piperidine rings is 1. The molecule has 5 nitrogen and oxygen atoms in total. The summed E-state index contributed by atoms with van der Waals surface area (Å²) in [6.45, 7) is 1.09. The Morgan fingerprint density at radius 3 is 2.80 bits per heavy atom. The van der Waals surface area contributed by atoms with E-state index in [9.17, 15) is 8.42 Å². The van der Waals surface area contributed by atoms with E-state index in [2.05, 4.69) is 21.2 Å². The summed E-state index contributed by atoms with van der Waals surface area (Å²) in [7, 11) is -0.0269. The van der Waals surface area contributed by atoms with E-state index in [4.69, 9.17) is 4.74 Å². The third-order valence-corrected chi connectivity index (χ3v) is 6.03. The van der Waals surface area contributed by atoms with Crippen LogP contribution in [-0.4, -0.2) is 46.0 Å². The smallest absolute Gasteiger partial charge is 0.243 e. The molecular weight excluding hydrogens is 344 g/mol. The van der Waals surface area contributed by atoms with Crippen molar-refractivity contribution in [1.82, 2.24) is 9.62 Å². The van der Waals surface area contributed by atoms with E-state index in [0.717, 1.165) is 12.8 Å². The van der Waals surface area contributed by atoms with Crippen molar-refractivity contribution in [3.05, 3.63) is 22.7 Å². The van der Waals surface area contributed by atoms with Gasteiger partial charge in [0.15, 0.2) is 0 Å². The third-order valence-electron chi connectivity index (χ3n) is 3.55. The van der Waals surface area contributed by atoms with Gasteiger partial charge in [0.2, 0.25) is 10.0 Å². The fourth-order valence-electron chi connectivity index (χ4n) is 2.35. The zero-order valence-corrected chi connectivity index (χ0v) is 14.0. The number of benzene rings is 1. The number of nitrogens with one attached hydrogen (secondary N) is 1. The first-order chi connectivity index (χ1) is 9.48. The Labute approximate surface area is 128 Å². The number of rotatable bonds is 4. The lowest BCUT2D eigenvalue weighted by Gasteiger charge is -2.31. The monoisotopic (exact) mass is 362 g/mol. The molecule has 1 fully saturated rings. The molecule has 1 aliphatic heterocycles. The topological polar surface area (TPSA) is 58.6 Å². The largest absolute Gasteiger partial charge is 0.496 e. The van der Waals surface area contributed by atoms with Crippen molar-refractivity contribution in [3.63, 3.8) is 0 Å². The highest BCUT2D eigenvalue weighted by molar-refractivity contribution is 9.10. The summed E-state index contributed by atoms with van der Waals surface area (Å²) < 4.78 is 32.6. The van der Waals surface area contributed by atoms with Crippen LogP contribution in [0.15, 0.2) is 27.6 Å². The van der Waals surface area contributed by atoms with Gasteiger partial charge in [0.1, 0.15) is 5.75 Å². The molecule has 2 rings (SSSR count). The summed E-state index contributed by atoms with van der Waals surface area (Å²) in [6, 6.07) is 5.07. The maximum absolute atomic E-state index is 12.6. The van der Waals surface area contributed by atoms with Crippen molar-refractivity contribution in [1.29, 1.82) is 0 Å². The molecule has 1 aliphatic rings. The predicted octanol–water partition coefficient (Wildman–Crippen LogP) is 1.83. The van der Waals surface area contributed by atoms with Crippen molar-refractivity contribution >= 4 is 26.0 Å². The molecule has 1 aromatic carbocycles. The zero-order chi connectivity index (χ0) is 14.8. The molecule has 0 aromatic heterocycles. The predicted molar refractivity (Wildman–Crippen MR) is 81.5 cm³/mol. The first-order valence-corrected chi connectivity index (χ1v) is 8.73. The van der Waals surface area contributed by atoms with Gasteiger partial charge in [-0.25, -0.2) is 8.42 Å². The zero-order valence-electron chi connectivity index (χ0n) is 11.6. The molecule has 112 valence electrons. The molecule has 0 saturated carbocycles. The summed E-state index contributed by atoms with van der Waals surface area (Å²) in [5, 5.41) is 3.15. The van der Waals surface area contributed by atoms with Gasteiger partial charge in [0, 0.05) is 19.1 Å². The summed E-state index contributed by atoms with van der Waals surface area (Å²) in [5.74, 6) is 0.621. The third kappa shape index (κ3) is 3.16. The van der Waals surface area contributed by atoms with Crippen molar-refractivity contribution < 1.29 is 13.2 Å². The summed E-state index contributed by atoms with van der Waals surface area (Å²) in [4.78, 5) is 0.293. The van der Waals surface area contributed by atoms with Crippen LogP contribution in [0.4, 0.5) is 0 Å². The van der Waals surface area contributed by atoms with Gasteiger partial charge in [-0.05, 0) is 54.0 Å². The van der Waals surface area contributed by atoms with Gasteiger partial charge < -0.3 is 10.1 Å². The SMILES string of the molecule is CNC1CCCN(S(=O)(=O)c2ccc(OC)c(Br)c2)C1. The molecule has 1 aromatic rings. The van der Waals surface area contributed by atoms with Crippen LogP contribution in [0.3, 0.4) is 0 Å². The molecule has 0 bridgehead atoms. The highest BCUT2D eigenvalue weighted by Gasteiger charge is 2.29. The van der Waals surface area contributed by atoms with E-state index in [1.165, 1.54) is 0 Å². The molecule has 1 unspecified atom stereocenters. The fraction of sp³-hybridized carbons (Fsp3) is 0.538. The van der Waals surface area contributed by atoms with E-state index >= 15 is 0 Å². The van der Waals surface area contributed by atoms with E-state index in [-0.39, 0.29) is 6.04 Å². The lowest BCUT2D eigenvalue weighted by molar-refractivity contribution is 0.293. The highest BCUT2D eigenvalue weighted by atomic mass is 79.9. The molecule has 0 aliphatic carbocycles. The lowest BCUT2D eigenvalue weighted by atomic mass is 10.1. The maximum atomic E-state index is 12.6. The second-order valence-electron chi connectivity index (χ2n) is 4.79. The van der Waals surface area contributed by atoms with Crippen molar-refractivity contribution in [2.75, 3.05) is 27.2 Å². The minimum atomic E-state index is -3.44. The first kappa shape index (κ1) is 15.8. The highest BCUT2D eigenvalue weighted by Crippen LogP contribution is 2.29. The van der Waals surface area contributed by atoms with Gasteiger partial charge in [0.05, 0.1) is 16.5 Å². The Morgan fingerprint density at radius 2 is 2.20 bits per heavy atom. The average Bonchev–Trinajstić information content (AvgIpc) is 2.47. The van der Waals surface area contributed by atoms with Crippen LogP contribution in [-0.2, 0) is 10.0 Å². The number of likely N-dealkylation sites (N-methyl/N-ethyl adjacent to an activating group) is 1. The van der Waals surface area contributed by atoms with E-state index in [1.54, 1.807) is 29.6 Å². The van der Waals surface area contributed by atoms with Crippen molar-refractivity contribution in [2.45, 2.75) is 23.8 Å². The Balaban J connectivity index is 2.28. The molecule has 0 radical (unpaired) electrons. The van der Waals surface area contributed by atoms with Crippen LogP contribution < -0.4 is 10.1 Å². The molecule has 0 spiro atoms. The van der Waals surface area contributed by atoms with Crippen LogP contribution in [0.1, 0.15) is 12.8 Å². The van der Waals surface area contributed by atoms with E-state index < -0.39 is 10.0 Å². The second kappa shape index (κ2) is 6.43. The number of halogens is 1. The van der Waals surface area contributed by atoms with Crippen molar-refractivity contribution in [2.24, 2.45) is 0 Å². The van der Waals surface area contributed by atoms with Gasteiger partial charge in [-0.15, -0.1) is 0 Å². The normalized spacial score (nSPS) is 20.9. The van der Waals surface area contributed by atoms with Gasteiger partial charge in [-0.2, -0.15) is 4.31 Å². The van der Waals surface area contributed by atoms with Crippen LogP contribution >= 0.6 is 15.9 Å². The van der Waals surface area contributed by atoms with Crippen LogP contribution in [0.5, 0.6) is 5.75 Å². The van der Waals surface area contributed by atoms with Gasteiger partial charge in [0.25, 0.3) is 0 Å². The molecule has 1 atom stereocenters. The molecule has 20 heavy (non-hydrogen) atoms. The van der Waals surface area contributed by atoms with Crippen LogP contribution in [0.25, 0.3) is 0 Å². The number of hydrogen-bond donors (Lipinski definition) is 1. The van der Waals surface area contributed by atoms with Gasteiger partial charge in [-0.3, -0.25) is 0 Å². The first-order valence-electron chi connectivity index (χ1n) is 6.50. The minimum Gasteiger partial charge on any atom is -0.496 e. The number of sulfonamides is 1. The number of hydrogen-bond acceptors (Lipinski definition) is 4. The van der Waals surface area contributed by atoms with Gasteiger partial charge in [-0.1, -0.05) is 0 Å². The average molecular weight is 363 g/mol. The quantitative estimate of drug-likeness (QED) is 0.887. The molecule has 0 amide bonds. The number of nitrogens with zero attached hydrogens (tertiary/aromatic N) is 1. The summed E-state index contributed by atoms with van der Waals surface area (Å²) in [5.41, 5.74) is 0. The number of ether oxygens (including phenoxy) is 1. The second-order valence-corrected chi connectivity index (χ2v) is 7.58. The molecular formula is C13H19BrN2O3S. The van der Waals surface area contributed by atoms with Crippen LogP contribution in [0.2, 0.25) is 0 Å². The Morgan fingerprint density at radius 1 is 1.45 bits per heavy atom. The fourth-order valence-corrected chi connectivity index (χ4v) is 4.60. The lowest BCUT2D eigenvalue weighted by Crippen LogP contribution is -2.46. The van der Waals surface area contributed by atoms with Crippen LogP contribution in [0, 0.1) is 0 Å². The minimum absolute atomic E-state index is 0.222.